The summed E-state index contributed by atoms with van der Waals surface area (Å²) < 4.78 is 12.6. The van der Waals surface area contributed by atoms with E-state index in [1.807, 2.05) is 0 Å². The van der Waals surface area contributed by atoms with Crippen molar-refractivity contribution in [1.82, 2.24) is 0 Å². The Kier molecular flexibility index (Phi) is 30.0. The zero-order valence-corrected chi connectivity index (χ0v) is 31.9. The molecule has 6 nitrogen and oxygen atoms in total. The molecule has 0 unspecified atom stereocenters. The molecule has 0 amide bonds. The molecular formula is C40H80N2O4+2. The number of unbranched alkanes of at least 4 members (excludes halogenated alkanes) is 20. The van der Waals surface area contributed by atoms with E-state index in [0.717, 1.165) is 60.8 Å². The molecule has 0 saturated carbocycles. The number of esters is 2. The van der Waals surface area contributed by atoms with Gasteiger partial charge in [0.1, 0.15) is 26.3 Å². The van der Waals surface area contributed by atoms with Gasteiger partial charge in [0.05, 0.1) is 41.3 Å². The van der Waals surface area contributed by atoms with Crippen molar-refractivity contribution < 1.29 is 28.0 Å². The molecule has 6 heteroatoms. The maximum Gasteiger partial charge on any atom is 0.305 e. The molecular weight excluding hydrogens is 572 g/mol. The second-order valence-electron chi connectivity index (χ2n) is 15.2. The number of hydrogen-bond acceptors (Lipinski definition) is 4. The van der Waals surface area contributed by atoms with E-state index in [4.69, 9.17) is 9.47 Å². The SMILES string of the molecule is CCCCCCCCCCCCCC(=O)OCC[N+](C)(C)C/C=C/C[N+](C)(C)CCOC(=O)CCCCCCCCCCCCC. The van der Waals surface area contributed by atoms with Crippen LogP contribution < -0.4 is 0 Å². The Balaban J connectivity index is 3.79. The first-order valence-electron chi connectivity index (χ1n) is 19.7. The number of likely N-dealkylation sites (N-methyl/N-ethyl adjacent to an activating group) is 2. The summed E-state index contributed by atoms with van der Waals surface area (Å²) >= 11 is 0. The smallest absolute Gasteiger partial charge is 0.305 e. The van der Waals surface area contributed by atoms with Gasteiger partial charge < -0.3 is 18.4 Å². The number of quaternary nitrogens is 2. The minimum Gasteiger partial charge on any atom is -0.460 e. The van der Waals surface area contributed by atoms with Gasteiger partial charge in [0.15, 0.2) is 0 Å². The Morgan fingerprint density at radius 1 is 0.435 bits per heavy atom. The maximum absolute atomic E-state index is 12.2. The van der Waals surface area contributed by atoms with E-state index in [1.165, 1.54) is 116 Å². The highest BCUT2D eigenvalue weighted by molar-refractivity contribution is 5.69. The summed E-state index contributed by atoms with van der Waals surface area (Å²) in [7, 11) is 8.71. The van der Waals surface area contributed by atoms with Gasteiger partial charge in [-0.25, -0.2) is 0 Å². The third-order valence-electron chi connectivity index (χ3n) is 9.25. The zero-order chi connectivity index (χ0) is 34.2. The molecule has 0 radical (unpaired) electrons. The molecule has 272 valence electrons. The van der Waals surface area contributed by atoms with Crippen molar-refractivity contribution in [2.24, 2.45) is 0 Å². The standard InChI is InChI=1S/C40H80N2O4/c1-7-9-11-13-15-17-19-21-23-25-27-31-39(43)45-37-35-41(3,4)33-29-30-34-42(5,6)36-38-46-40(44)32-28-26-24-22-20-18-16-14-12-10-8-2/h29-30H,7-28,31-38H2,1-6H3/q+2/b30-29+. The van der Waals surface area contributed by atoms with Crippen LogP contribution in [0.15, 0.2) is 12.2 Å². The second kappa shape index (κ2) is 30.9. The lowest BCUT2D eigenvalue weighted by molar-refractivity contribution is -0.887. The predicted octanol–water partition coefficient (Wildman–Crippen LogP) is 10.2. The fraction of sp³-hybridized carbons (Fsp3) is 0.900. The van der Waals surface area contributed by atoms with Gasteiger partial charge in [-0.3, -0.25) is 9.59 Å². The van der Waals surface area contributed by atoms with Gasteiger partial charge in [-0.05, 0) is 25.0 Å². The van der Waals surface area contributed by atoms with Crippen LogP contribution in [-0.4, -0.2) is 88.5 Å². The molecule has 46 heavy (non-hydrogen) atoms. The van der Waals surface area contributed by atoms with Crippen molar-refractivity contribution in [2.45, 2.75) is 168 Å². The van der Waals surface area contributed by atoms with Crippen molar-refractivity contribution in [3.05, 3.63) is 12.2 Å². The van der Waals surface area contributed by atoms with E-state index in [-0.39, 0.29) is 11.9 Å². The lowest BCUT2D eigenvalue weighted by atomic mass is 10.1. The highest BCUT2D eigenvalue weighted by Crippen LogP contribution is 2.13. The van der Waals surface area contributed by atoms with Crippen molar-refractivity contribution in [1.29, 1.82) is 0 Å². The number of nitrogens with zero attached hydrogens (tertiary/aromatic N) is 2. The normalized spacial score (nSPS) is 12.2. The monoisotopic (exact) mass is 653 g/mol. The number of carbonyl (C=O) groups is 2. The third kappa shape index (κ3) is 32.5. The maximum atomic E-state index is 12.2. The second-order valence-corrected chi connectivity index (χ2v) is 15.2. The molecule has 0 rings (SSSR count). The molecule has 0 atom stereocenters. The number of rotatable bonds is 34. The lowest BCUT2D eigenvalue weighted by Crippen LogP contribution is -2.44. The van der Waals surface area contributed by atoms with Crippen molar-refractivity contribution >= 4 is 11.9 Å². The highest BCUT2D eigenvalue weighted by Gasteiger charge is 2.17. The molecule has 0 aromatic rings. The molecule has 0 saturated heterocycles. The predicted molar refractivity (Wildman–Crippen MR) is 197 cm³/mol. The molecule has 0 aromatic heterocycles. The minimum absolute atomic E-state index is 0.0509. The Hall–Kier alpha value is -1.40. The Morgan fingerprint density at radius 3 is 0.978 bits per heavy atom. The molecule has 0 aliphatic carbocycles. The van der Waals surface area contributed by atoms with Crippen LogP contribution in [0.5, 0.6) is 0 Å². The first-order chi connectivity index (χ1) is 22.1. The van der Waals surface area contributed by atoms with Crippen LogP contribution in [0, 0.1) is 0 Å². The molecule has 0 spiro atoms. The topological polar surface area (TPSA) is 52.6 Å². The van der Waals surface area contributed by atoms with Crippen LogP contribution in [0.2, 0.25) is 0 Å². The van der Waals surface area contributed by atoms with Crippen molar-refractivity contribution in [3.63, 3.8) is 0 Å². The van der Waals surface area contributed by atoms with E-state index in [2.05, 4.69) is 54.2 Å². The number of ether oxygens (including phenoxy) is 2. The third-order valence-corrected chi connectivity index (χ3v) is 9.25. The summed E-state index contributed by atoms with van der Waals surface area (Å²) in [5.41, 5.74) is 0. The Morgan fingerprint density at radius 2 is 0.696 bits per heavy atom. The summed E-state index contributed by atoms with van der Waals surface area (Å²) in [5.74, 6) is -0.102. The molecule has 0 heterocycles. The van der Waals surface area contributed by atoms with E-state index in [0.29, 0.717) is 26.1 Å². The van der Waals surface area contributed by atoms with Crippen LogP contribution in [0.1, 0.15) is 168 Å². The van der Waals surface area contributed by atoms with E-state index in [9.17, 15) is 9.59 Å². The molecule has 0 N–H and O–H groups in total. The number of hydrogen-bond donors (Lipinski definition) is 0. The van der Waals surface area contributed by atoms with Crippen molar-refractivity contribution in [3.8, 4) is 0 Å². The molecule has 0 aliphatic heterocycles. The van der Waals surface area contributed by atoms with Crippen LogP contribution in [0.3, 0.4) is 0 Å². The summed E-state index contributed by atoms with van der Waals surface area (Å²) in [4.78, 5) is 24.3. The average molecular weight is 653 g/mol. The van der Waals surface area contributed by atoms with Crippen LogP contribution >= 0.6 is 0 Å². The Bertz CT molecular complexity index is 675. The fourth-order valence-electron chi connectivity index (χ4n) is 5.73. The molecule has 0 fully saturated rings. The molecule has 0 aliphatic rings. The lowest BCUT2D eigenvalue weighted by Gasteiger charge is -2.29. The van der Waals surface area contributed by atoms with Gasteiger partial charge in [0.25, 0.3) is 0 Å². The Labute approximate surface area is 287 Å². The van der Waals surface area contributed by atoms with Gasteiger partial charge in [-0.1, -0.05) is 142 Å². The van der Waals surface area contributed by atoms with Gasteiger partial charge in [0.2, 0.25) is 0 Å². The van der Waals surface area contributed by atoms with E-state index >= 15 is 0 Å². The average Bonchev–Trinajstić information content (AvgIpc) is 3.00. The van der Waals surface area contributed by atoms with Gasteiger partial charge in [0, 0.05) is 12.8 Å². The molecule has 0 bridgehead atoms. The number of carbonyl (C=O) groups excluding carboxylic acids is 2. The zero-order valence-electron chi connectivity index (χ0n) is 31.9. The van der Waals surface area contributed by atoms with E-state index < -0.39 is 0 Å². The van der Waals surface area contributed by atoms with Crippen LogP contribution in [0.4, 0.5) is 0 Å². The molecule has 0 aromatic carbocycles. The summed E-state index contributed by atoms with van der Waals surface area (Å²) in [6.07, 6.45) is 33.9. The summed E-state index contributed by atoms with van der Waals surface area (Å²) in [6, 6.07) is 0. The van der Waals surface area contributed by atoms with Crippen molar-refractivity contribution in [2.75, 3.05) is 67.6 Å². The summed E-state index contributed by atoms with van der Waals surface area (Å²) in [5, 5.41) is 0. The first kappa shape index (κ1) is 44.6. The largest absolute Gasteiger partial charge is 0.460 e. The minimum atomic E-state index is -0.0509. The van der Waals surface area contributed by atoms with Crippen LogP contribution in [0.25, 0.3) is 0 Å². The summed E-state index contributed by atoms with van der Waals surface area (Å²) in [6.45, 7) is 8.88. The van der Waals surface area contributed by atoms with Gasteiger partial charge in [-0.2, -0.15) is 0 Å². The van der Waals surface area contributed by atoms with Crippen LogP contribution in [-0.2, 0) is 19.1 Å². The highest BCUT2D eigenvalue weighted by atomic mass is 16.5. The fourth-order valence-corrected chi connectivity index (χ4v) is 5.73. The first-order valence-corrected chi connectivity index (χ1v) is 19.7. The van der Waals surface area contributed by atoms with E-state index in [1.54, 1.807) is 0 Å². The quantitative estimate of drug-likeness (QED) is 0.0300. The van der Waals surface area contributed by atoms with Gasteiger partial charge in [-0.15, -0.1) is 0 Å². The van der Waals surface area contributed by atoms with Gasteiger partial charge >= 0.3 is 11.9 Å².